The topological polar surface area (TPSA) is 97.1 Å². The maximum Gasteiger partial charge on any atom is 0.516 e. The summed E-state index contributed by atoms with van der Waals surface area (Å²) in [4.78, 5) is 22.1. The monoisotopic (exact) mass is 321 g/mol. The summed E-state index contributed by atoms with van der Waals surface area (Å²) in [5.41, 5.74) is -0.0771. The molecular formula is C15H15NO7. The highest BCUT2D eigenvalue weighted by Crippen LogP contribution is 2.52. The lowest BCUT2D eigenvalue weighted by Crippen LogP contribution is -2.40. The molecule has 3 aliphatic rings. The number of ether oxygens (including phenoxy) is 4. The summed E-state index contributed by atoms with van der Waals surface area (Å²) in [5, 5.41) is 10.6. The van der Waals surface area contributed by atoms with Crippen LogP contribution in [0, 0.1) is 22.0 Å². The number of carbonyl (C=O) groups is 1. The normalized spacial score (nSPS) is 34.2. The molecule has 1 saturated carbocycles. The summed E-state index contributed by atoms with van der Waals surface area (Å²) in [6, 6.07) is 5.22. The van der Waals surface area contributed by atoms with E-state index in [1.807, 2.05) is 0 Å². The number of hydrogen-bond donors (Lipinski definition) is 0. The molecule has 122 valence electrons. The van der Waals surface area contributed by atoms with E-state index in [9.17, 15) is 14.9 Å². The number of non-ortho nitro benzene ring substituents is 1. The molecule has 0 unspecified atom stereocenters. The van der Waals surface area contributed by atoms with E-state index in [4.69, 9.17) is 18.9 Å². The fourth-order valence-electron chi connectivity index (χ4n) is 3.58. The predicted octanol–water partition coefficient (Wildman–Crippen LogP) is 2.61. The van der Waals surface area contributed by atoms with Crippen LogP contribution in [0.4, 0.5) is 10.5 Å². The van der Waals surface area contributed by atoms with E-state index in [1.54, 1.807) is 0 Å². The van der Waals surface area contributed by atoms with Gasteiger partial charge in [-0.1, -0.05) is 0 Å². The molecule has 0 N–H and O–H groups in total. The average molecular weight is 321 g/mol. The molecule has 8 nitrogen and oxygen atoms in total. The van der Waals surface area contributed by atoms with Gasteiger partial charge >= 0.3 is 6.16 Å². The van der Waals surface area contributed by atoms with Gasteiger partial charge in [-0.05, 0) is 24.5 Å². The molecule has 2 bridgehead atoms. The second kappa shape index (κ2) is 5.17. The summed E-state index contributed by atoms with van der Waals surface area (Å²) in [5.74, 6) is -0.0367. The first-order valence-corrected chi connectivity index (χ1v) is 7.49. The van der Waals surface area contributed by atoms with Crippen molar-refractivity contribution in [3.05, 3.63) is 34.4 Å². The molecule has 3 fully saturated rings. The molecule has 0 radical (unpaired) electrons. The van der Waals surface area contributed by atoms with Crippen LogP contribution < -0.4 is 4.74 Å². The van der Waals surface area contributed by atoms with E-state index in [2.05, 4.69) is 0 Å². The van der Waals surface area contributed by atoms with Crippen LogP contribution in [0.3, 0.4) is 0 Å². The van der Waals surface area contributed by atoms with E-state index >= 15 is 0 Å². The molecular weight excluding hydrogens is 306 g/mol. The van der Waals surface area contributed by atoms with Gasteiger partial charge in [0.05, 0.1) is 11.5 Å². The van der Waals surface area contributed by atoms with E-state index in [1.165, 1.54) is 24.3 Å². The van der Waals surface area contributed by atoms with Crippen LogP contribution in [-0.2, 0) is 14.2 Å². The Morgan fingerprint density at radius 2 is 2.13 bits per heavy atom. The van der Waals surface area contributed by atoms with Gasteiger partial charge in [0.15, 0.2) is 6.29 Å². The number of rotatable bonds is 3. The minimum absolute atomic E-state index is 0.0771. The fourth-order valence-corrected chi connectivity index (χ4v) is 3.58. The maximum absolute atomic E-state index is 12.0. The fraction of sp³-hybridized carbons (Fsp3) is 0.533. The highest BCUT2D eigenvalue weighted by Gasteiger charge is 2.59. The van der Waals surface area contributed by atoms with E-state index in [0.29, 0.717) is 25.4 Å². The highest BCUT2D eigenvalue weighted by atomic mass is 16.8. The van der Waals surface area contributed by atoms with Gasteiger partial charge < -0.3 is 18.9 Å². The number of nitro groups is 1. The Morgan fingerprint density at radius 3 is 2.87 bits per heavy atom. The Labute approximate surface area is 131 Å². The molecule has 4 atom stereocenters. The van der Waals surface area contributed by atoms with Crippen molar-refractivity contribution in [2.75, 3.05) is 6.61 Å². The zero-order valence-corrected chi connectivity index (χ0v) is 12.2. The third-order valence-electron chi connectivity index (χ3n) is 4.72. The molecule has 0 amide bonds. The lowest BCUT2D eigenvalue weighted by atomic mass is 9.80. The molecule has 1 aromatic rings. The van der Waals surface area contributed by atoms with Crippen LogP contribution in [0.1, 0.15) is 19.3 Å². The van der Waals surface area contributed by atoms with Gasteiger partial charge in [-0.2, -0.15) is 0 Å². The number of nitro benzene ring substituents is 1. The Morgan fingerprint density at radius 1 is 1.35 bits per heavy atom. The van der Waals surface area contributed by atoms with Crippen LogP contribution in [0.5, 0.6) is 5.75 Å². The quantitative estimate of drug-likeness (QED) is 0.365. The molecule has 23 heavy (non-hydrogen) atoms. The predicted molar refractivity (Wildman–Crippen MR) is 74.6 cm³/mol. The van der Waals surface area contributed by atoms with E-state index < -0.39 is 16.9 Å². The van der Waals surface area contributed by atoms with Crippen molar-refractivity contribution in [2.24, 2.45) is 11.8 Å². The molecule has 1 aliphatic carbocycles. The van der Waals surface area contributed by atoms with Crippen molar-refractivity contribution in [1.82, 2.24) is 0 Å². The van der Waals surface area contributed by atoms with Gasteiger partial charge in [0.1, 0.15) is 5.75 Å². The van der Waals surface area contributed by atoms with Gasteiger partial charge in [-0.3, -0.25) is 10.1 Å². The van der Waals surface area contributed by atoms with Crippen molar-refractivity contribution in [3.63, 3.8) is 0 Å². The van der Waals surface area contributed by atoms with Gasteiger partial charge in [0.25, 0.3) is 5.69 Å². The molecule has 2 aliphatic heterocycles. The second-order valence-corrected chi connectivity index (χ2v) is 6.10. The largest absolute Gasteiger partial charge is 0.516 e. The third kappa shape index (κ3) is 2.53. The van der Waals surface area contributed by atoms with Gasteiger partial charge in [0.2, 0.25) is 5.79 Å². The summed E-state index contributed by atoms with van der Waals surface area (Å²) >= 11 is 0. The first kappa shape index (κ1) is 14.4. The summed E-state index contributed by atoms with van der Waals surface area (Å²) in [7, 11) is 0. The first-order valence-electron chi connectivity index (χ1n) is 7.49. The third-order valence-corrected chi connectivity index (χ3v) is 4.72. The number of nitrogens with zero attached hydrogens (tertiary/aromatic N) is 1. The Balaban J connectivity index is 1.40. The van der Waals surface area contributed by atoms with Crippen LogP contribution in [-0.4, -0.2) is 29.8 Å². The second-order valence-electron chi connectivity index (χ2n) is 6.10. The maximum atomic E-state index is 12.0. The molecule has 1 aromatic carbocycles. The lowest BCUT2D eigenvalue weighted by Gasteiger charge is -2.33. The smallest absolute Gasteiger partial charge is 0.401 e. The SMILES string of the molecule is O=C(Oc1ccc([N+](=O)[O-])cc1)O[C@]12CC[C@H]3CO[C@@H](O1)[C@H]3C2. The molecule has 4 rings (SSSR count). The van der Waals surface area contributed by atoms with Gasteiger partial charge in [0, 0.05) is 30.9 Å². The first-order chi connectivity index (χ1) is 11.0. The molecule has 0 spiro atoms. The zero-order chi connectivity index (χ0) is 16.0. The molecule has 2 saturated heterocycles. The van der Waals surface area contributed by atoms with Crippen molar-refractivity contribution in [3.8, 4) is 5.75 Å². The summed E-state index contributed by atoms with van der Waals surface area (Å²) < 4.78 is 21.8. The Kier molecular flexibility index (Phi) is 3.24. The standard InChI is InChI=1S/C15H15NO7/c17-14(21-11-3-1-10(2-4-11)16(18)19)23-15-6-5-9-8-20-13(22-15)12(9)7-15/h1-4,9,12-13H,5-8H2/t9-,12-,13-,15-/m0/s1. The van der Waals surface area contributed by atoms with Crippen LogP contribution in [0.25, 0.3) is 0 Å². The van der Waals surface area contributed by atoms with Crippen molar-refractivity contribution >= 4 is 11.8 Å². The van der Waals surface area contributed by atoms with Crippen molar-refractivity contribution in [2.45, 2.75) is 31.3 Å². The average Bonchev–Trinajstić information content (AvgIpc) is 3.00. The van der Waals surface area contributed by atoms with E-state index in [0.717, 1.165) is 6.42 Å². The minimum atomic E-state index is -0.968. The number of hydrogen-bond acceptors (Lipinski definition) is 7. The Bertz CT molecular complexity index is 642. The van der Waals surface area contributed by atoms with Crippen molar-refractivity contribution in [1.29, 1.82) is 0 Å². The van der Waals surface area contributed by atoms with Crippen LogP contribution >= 0.6 is 0 Å². The number of fused-ring (bicyclic) bond motifs is 1. The van der Waals surface area contributed by atoms with Crippen LogP contribution in [0.15, 0.2) is 24.3 Å². The summed E-state index contributed by atoms with van der Waals surface area (Å²) in [6.07, 6.45) is 0.972. The highest BCUT2D eigenvalue weighted by molar-refractivity contribution is 5.64. The van der Waals surface area contributed by atoms with Gasteiger partial charge in [-0.25, -0.2) is 4.79 Å². The molecule has 8 heteroatoms. The van der Waals surface area contributed by atoms with Gasteiger partial charge in [-0.15, -0.1) is 0 Å². The summed E-state index contributed by atoms with van der Waals surface area (Å²) in [6.45, 7) is 0.707. The zero-order valence-electron chi connectivity index (χ0n) is 12.2. The Hall–Kier alpha value is -2.19. The van der Waals surface area contributed by atoms with E-state index in [-0.39, 0.29) is 23.6 Å². The number of benzene rings is 1. The molecule has 2 heterocycles. The number of carbonyl (C=O) groups excluding carboxylic acids is 1. The van der Waals surface area contributed by atoms with Crippen molar-refractivity contribution < 1.29 is 28.7 Å². The van der Waals surface area contributed by atoms with Crippen LogP contribution in [0.2, 0.25) is 0 Å². The lowest BCUT2D eigenvalue weighted by molar-refractivity contribution is -0.384. The minimum Gasteiger partial charge on any atom is -0.401 e. The molecule has 0 aromatic heterocycles.